The van der Waals surface area contributed by atoms with E-state index in [9.17, 15) is 0 Å². The molecule has 1 aliphatic rings. The summed E-state index contributed by atoms with van der Waals surface area (Å²) in [5.74, 6) is 1.02. The van der Waals surface area contributed by atoms with E-state index in [4.69, 9.17) is 0 Å². The Kier molecular flexibility index (Phi) is 4.49. The summed E-state index contributed by atoms with van der Waals surface area (Å²) in [5.41, 5.74) is 2.31. The SMILES string of the molecule is CCCc1cc(C)nc(CC2CCCCN2)n1. The Hall–Kier alpha value is -0.960. The van der Waals surface area contributed by atoms with Crippen molar-refractivity contribution in [2.24, 2.45) is 0 Å². The molecule has 1 aliphatic heterocycles. The molecule has 1 unspecified atom stereocenters. The van der Waals surface area contributed by atoms with E-state index < -0.39 is 0 Å². The van der Waals surface area contributed by atoms with Crippen molar-refractivity contribution in [2.45, 2.75) is 58.4 Å². The van der Waals surface area contributed by atoms with E-state index >= 15 is 0 Å². The lowest BCUT2D eigenvalue weighted by atomic mass is 10.0. The Bertz CT molecular complexity index is 356. The van der Waals surface area contributed by atoms with E-state index in [0.717, 1.165) is 37.3 Å². The molecule has 0 aliphatic carbocycles. The number of aryl methyl sites for hydroxylation is 2. The van der Waals surface area contributed by atoms with Gasteiger partial charge in [-0.3, -0.25) is 0 Å². The van der Waals surface area contributed by atoms with Gasteiger partial charge < -0.3 is 5.32 Å². The van der Waals surface area contributed by atoms with E-state index in [0.29, 0.717) is 6.04 Å². The van der Waals surface area contributed by atoms with Gasteiger partial charge in [0.25, 0.3) is 0 Å². The minimum absolute atomic E-state index is 0.583. The van der Waals surface area contributed by atoms with Crippen LogP contribution in [-0.2, 0) is 12.8 Å². The van der Waals surface area contributed by atoms with E-state index in [-0.39, 0.29) is 0 Å². The van der Waals surface area contributed by atoms with Gasteiger partial charge in [0.2, 0.25) is 0 Å². The molecule has 1 saturated heterocycles. The van der Waals surface area contributed by atoms with Crippen LogP contribution in [0.25, 0.3) is 0 Å². The van der Waals surface area contributed by atoms with Crippen LogP contribution in [0.15, 0.2) is 6.07 Å². The molecule has 1 aromatic heterocycles. The van der Waals surface area contributed by atoms with Gasteiger partial charge in [0.1, 0.15) is 5.82 Å². The highest BCUT2D eigenvalue weighted by molar-refractivity contribution is 5.11. The number of hydrogen-bond acceptors (Lipinski definition) is 3. The highest BCUT2D eigenvalue weighted by Gasteiger charge is 2.14. The number of rotatable bonds is 4. The smallest absolute Gasteiger partial charge is 0.130 e. The summed E-state index contributed by atoms with van der Waals surface area (Å²) in [5, 5.41) is 3.56. The van der Waals surface area contributed by atoms with Gasteiger partial charge in [0, 0.05) is 23.9 Å². The largest absolute Gasteiger partial charge is 0.314 e. The van der Waals surface area contributed by atoms with Gasteiger partial charge in [-0.15, -0.1) is 0 Å². The standard InChI is InChI=1S/C14H23N3/c1-3-6-13-9-11(2)16-14(17-13)10-12-7-4-5-8-15-12/h9,12,15H,3-8,10H2,1-2H3. The molecule has 2 heterocycles. The molecular weight excluding hydrogens is 210 g/mol. The summed E-state index contributed by atoms with van der Waals surface area (Å²) in [6.07, 6.45) is 7.11. The monoisotopic (exact) mass is 233 g/mol. The van der Waals surface area contributed by atoms with E-state index in [1.165, 1.54) is 25.0 Å². The molecule has 1 atom stereocenters. The predicted octanol–water partition coefficient (Wildman–Crippen LogP) is 2.42. The maximum Gasteiger partial charge on any atom is 0.130 e. The molecule has 3 heteroatoms. The average molecular weight is 233 g/mol. The average Bonchev–Trinajstić information content (AvgIpc) is 2.30. The molecule has 17 heavy (non-hydrogen) atoms. The molecule has 0 amide bonds. The maximum atomic E-state index is 4.67. The molecule has 3 nitrogen and oxygen atoms in total. The Labute approximate surface area is 104 Å². The predicted molar refractivity (Wildman–Crippen MR) is 70.1 cm³/mol. The van der Waals surface area contributed by atoms with Crippen molar-refractivity contribution in [3.05, 3.63) is 23.3 Å². The third kappa shape index (κ3) is 3.77. The third-order valence-corrected chi connectivity index (χ3v) is 3.30. The Morgan fingerprint density at radius 2 is 2.24 bits per heavy atom. The lowest BCUT2D eigenvalue weighted by molar-refractivity contribution is 0.394. The molecule has 0 saturated carbocycles. The first kappa shape index (κ1) is 12.5. The summed E-state index contributed by atoms with van der Waals surface area (Å²) < 4.78 is 0. The van der Waals surface area contributed by atoms with Gasteiger partial charge in [-0.25, -0.2) is 9.97 Å². The van der Waals surface area contributed by atoms with E-state index in [2.05, 4.69) is 35.2 Å². The molecule has 0 spiro atoms. The topological polar surface area (TPSA) is 37.8 Å². The zero-order valence-corrected chi connectivity index (χ0v) is 11.0. The number of piperidine rings is 1. The summed E-state index contributed by atoms with van der Waals surface area (Å²) in [4.78, 5) is 9.23. The van der Waals surface area contributed by atoms with Crippen molar-refractivity contribution in [3.63, 3.8) is 0 Å². The van der Waals surface area contributed by atoms with E-state index in [1.54, 1.807) is 0 Å². The van der Waals surface area contributed by atoms with E-state index in [1.807, 2.05) is 0 Å². The van der Waals surface area contributed by atoms with Gasteiger partial charge in [-0.2, -0.15) is 0 Å². The van der Waals surface area contributed by atoms with Crippen LogP contribution in [0.3, 0.4) is 0 Å². The Morgan fingerprint density at radius 3 is 2.94 bits per heavy atom. The van der Waals surface area contributed by atoms with Gasteiger partial charge in [0.15, 0.2) is 0 Å². The van der Waals surface area contributed by atoms with Crippen molar-refractivity contribution < 1.29 is 0 Å². The molecule has 0 bridgehead atoms. The van der Waals surface area contributed by atoms with Gasteiger partial charge in [0.05, 0.1) is 0 Å². The van der Waals surface area contributed by atoms with Crippen LogP contribution in [0.2, 0.25) is 0 Å². The first-order valence-electron chi connectivity index (χ1n) is 6.84. The highest BCUT2D eigenvalue weighted by Crippen LogP contribution is 2.12. The van der Waals surface area contributed by atoms with Crippen LogP contribution in [-0.4, -0.2) is 22.6 Å². The number of hydrogen-bond donors (Lipinski definition) is 1. The van der Waals surface area contributed by atoms with Crippen LogP contribution in [0.5, 0.6) is 0 Å². The minimum Gasteiger partial charge on any atom is -0.314 e. The van der Waals surface area contributed by atoms with Gasteiger partial charge in [-0.05, 0) is 38.8 Å². The molecule has 2 rings (SSSR count). The Morgan fingerprint density at radius 1 is 1.35 bits per heavy atom. The summed E-state index contributed by atoms with van der Waals surface area (Å²) in [6, 6.07) is 2.70. The number of nitrogens with one attached hydrogen (secondary N) is 1. The minimum atomic E-state index is 0.583. The lowest BCUT2D eigenvalue weighted by Gasteiger charge is -2.22. The molecule has 0 radical (unpaired) electrons. The second-order valence-electron chi connectivity index (χ2n) is 5.02. The van der Waals surface area contributed by atoms with Crippen molar-refractivity contribution in [2.75, 3.05) is 6.54 Å². The van der Waals surface area contributed by atoms with Crippen molar-refractivity contribution >= 4 is 0 Å². The summed E-state index contributed by atoms with van der Waals surface area (Å²) >= 11 is 0. The first-order chi connectivity index (χ1) is 8.28. The van der Waals surface area contributed by atoms with Crippen LogP contribution < -0.4 is 5.32 Å². The highest BCUT2D eigenvalue weighted by atomic mass is 14.9. The molecule has 1 N–H and O–H groups in total. The van der Waals surface area contributed by atoms with Crippen LogP contribution >= 0.6 is 0 Å². The van der Waals surface area contributed by atoms with Crippen LogP contribution in [0, 0.1) is 6.92 Å². The zero-order valence-electron chi connectivity index (χ0n) is 11.0. The normalized spacial score (nSPS) is 20.5. The second kappa shape index (κ2) is 6.10. The van der Waals surface area contributed by atoms with Crippen molar-refractivity contribution in [1.29, 1.82) is 0 Å². The van der Waals surface area contributed by atoms with Gasteiger partial charge >= 0.3 is 0 Å². The van der Waals surface area contributed by atoms with Crippen LogP contribution in [0.4, 0.5) is 0 Å². The fraction of sp³-hybridized carbons (Fsp3) is 0.714. The number of nitrogens with zero attached hydrogens (tertiary/aromatic N) is 2. The molecule has 94 valence electrons. The maximum absolute atomic E-state index is 4.67. The fourth-order valence-corrected chi connectivity index (χ4v) is 2.49. The molecule has 0 aromatic carbocycles. The quantitative estimate of drug-likeness (QED) is 0.868. The molecule has 1 fully saturated rings. The number of aromatic nitrogens is 2. The third-order valence-electron chi connectivity index (χ3n) is 3.30. The van der Waals surface area contributed by atoms with Crippen molar-refractivity contribution in [3.8, 4) is 0 Å². The molecule has 1 aromatic rings. The summed E-state index contributed by atoms with van der Waals surface area (Å²) in [6.45, 7) is 5.41. The fourth-order valence-electron chi connectivity index (χ4n) is 2.49. The zero-order chi connectivity index (χ0) is 12.1. The Balaban J connectivity index is 2.03. The lowest BCUT2D eigenvalue weighted by Crippen LogP contribution is -2.36. The van der Waals surface area contributed by atoms with Crippen LogP contribution in [0.1, 0.15) is 49.8 Å². The van der Waals surface area contributed by atoms with Gasteiger partial charge in [-0.1, -0.05) is 19.8 Å². The first-order valence-corrected chi connectivity index (χ1v) is 6.84. The summed E-state index contributed by atoms with van der Waals surface area (Å²) in [7, 11) is 0. The molecular formula is C14H23N3. The van der Waals surface area contributed by atoms with Crippen molar-refractivity contribution in [1.82, 2.24) is 15.3 Å². The second-order valence-corrected chi connectivity index (χ2v) is 5.02.